The van der Waals surface area contributed by atoms with Gasteiger partial charge < -0.3 is 14.2 Å². The molecule has 0 aliphatic heterocycles. The van der Waals surface area contributed by atoms with Gasteiger partial charge in [-0.2, -0.15) is 0 Å². The summed E-state index contributed by atoms with van der Waals surface area (Å²) in [5, 5.41) is 0. The van der Waals surface area contributed by atoms with E-state index in [4.69, 9.17) is 14.2 Å². The Labute approximate surface area is 464 Å². The van der Waals surface area contributed by atoms with Crippen molar-refractivity contribution in [2.45, 2.75) is 309 Å². The first-order chi connectivity index (χ1) is 37.0. The van der Waals surface area contributed by atoms with Gasteiger partial charge in [0.05, 0.1) is 0 Å². The Morgan fingerprint density at radius 1 is 0.280 bits per heavy atom. The van der Waals surface area contributed by atoms with Crippen LogP contribution in [0, 0.1) is 0 Å². The molecular weight excluding hydrogens is 925 g/mol. The van der Waals surface area contributed by atoms with E-state index in [0.29, 0.717) is 19.3 Å². The zero-order valence-corrected chi connectivity index (χ0v) is 49.3. The van der Waals surface area contributed by atoms with Gasteiger partial charge in [0.2, 0.25) is 0 Å². The number of carbonyl (C=O) groups excluding carboxylic acids is 3. The predicted octanol–water partition coefficient (Wildman–Crippen LogP) is 21.7. The van der Waals surface area contributed by atoms with Gasteiger partial charge in [0.25, 0.3) is 0 Å². The van der Waals surface area contributed by atoms with E-state index in [1.165, 1.54) is 148 Å². The smallest absolute Gasteiger partial charge is 0.306 e. The maximum Gasteiger partial charge on any atom is 0.306 e. The van der Waals surface area contributed by atoms with E-state index in [9.17, 15) is 14.4 Å². The molecule has 0 amide bonds. The topological polar surface area (TPSA) is 78.9 Å². The highest BCUT2D eigenvalue weighted by Gasteiger charge is 2.19. The first kappa shape index (κ1) is 71.3. The minimum atomic E-state index is -0.781. The van der Waals surface area contributed by atoms with Gasteiger partial charge in [0.1, 0.15) is 13.2 Å². The number of hydrogen-bond donors (Lipinski definition) is 0. The molecule has 1 atom stereocenters. The van der Waals surface area contributed by atoms with Crippen molar-refractivity contribution in [2.24, 2.45) is 0 Å². The Morgan fingerprint density at radius 3 is 0.840 bits per heavy atom. The van der Waals surface area contributed by atoms with Crippen LogP contribution in [0.1, 0.15) is 303 Å². The van der Waals surface area contributed by atoms with Gasteiger partial charge >= 0.3 is 17.9 Å². The number of ether oxygens (including phenoxy) is 3. The molecule has 0 saturated carbocycles. The zero-order chi connectivity index (χ0) is 54.3. The number of allylic oxidation sites excluding steroid dienone is 16. The molecule has 0 spiro atoms. The lowest BCUT2D eigenvalue weighted by molar-refractivity contribution is -0.167. The van der Waals surface area contributed by atoms with E-state index in [1.807, 2.05) is 0 Å². The van der Waals surface area contributed by atoms with Gasteiger partial charge in [-0.3, -0.25) is 14.4 Å². The highest BCUT2D eigenvalue weighted by molar-refractivity contribution is 5.71. The molecule has 0 N–H and O–H groups in total. The molecule has 0 aromatic carbocycles. The van der Waals surface area contributed by atoms with Crippen LogP contribution in [0.3, 0.4) is 0 Å². The quantitative estimate of drug-likeness (QED) is 0.0261. The monoisotopic (exact) mass is 1040 g/mol. The van der Waals surface area contributed by atoms with Gasteiger partial charge in [0, 0.05) is 19.3 Å². The molecule has 430 valence electrons. The summed E-state index contributed by atoms with van der Waals surface area (Å²) in [5.41, 5.74) is 0. The molecule has 0 bridgehead atoms. The Bertz CT molecular complexity index is 1480. The van der Waals surface area contributed by atoms with Crippen molar-refractivity contribution in [3.8, 4) is 0 Å². The van der Waals surface area contributed by atoms with E-state index in [2.05, 4.69) is 118 Å². The molecule has 0 rings (SSSR count). The standard InChI is InChI=1S/C69H118O6/c1-4-7-10-13-16-18-20-22-24-26-28-29-30-31-32-33-34-35-36-37-38-39-41-42-44-46-48-50-53-56-59-62-68(71)74-65-66(64-73-67(70)61-58-55-52-15-12-9-6-3)75-69(72)63-60-57-54-51-49-47-45-43-40-27-25-23-21-19-17-14-11-8-5-2/h7,10,16-19,22-25,28-29,31-32,40,43,66H,4-6,8-9,11-15,20-21,26-27,30,33-39,41-42,44-65H2,1-3H3/b10-7-,18-16-,19-17-,24-22-,25-23-,29-28-,32-31-,43-40-. The molecule has 75 heavy (non-hydrogen) atoms. The van der Waals surface area contributed by atoms with Crippen LogP contribution >= 0.6 is 0 Å². The molecule has 6 nitrogen and oxygen atoms in total. The van der Waals surface area contributed by atoms with Crippen molar-refractivity contribution in [3.05, 3.63) is 97.2 Å². The van der Waals surface area contributed by atoms with E-state index < -0.39 is 6.10 Å². The van der Waals surface area contributed by atoms with Crippen LogP contribution in [0.4, 0.5) is 0 Å². The van der Waals surface area contributed by atoms with Crippen molar-refractivity contribution in [3.63, 3.8) is 0 Å². The van der Waals surface area contributed by atoms with Gasteiger partial charge in [0.15, 0.2) is 6.10 Å². The lowest BCUT2D eigenvalue weighted by Crippen LogP contribution is -2.30. The van der Waals surface area contributed by atoms with Crippen molar-refractivity contribution in [1.29, 1.82) is 0 Å². The van der Waals surface area contributed by atoms with Crippen LogP contribution in [0.25, 0.3) is 0 Å². The molecule has 0 aliphatic carbocycles. The molecule has 0 aliphatic rings. The first-order valence-corrected chi connectivity index (χ1v) is 31.7. The average molecular weight is 1040 g/mol. The number of esters is 3. The number of unbranched alkanes of at least 4 members (excludes halogenated alkanes) is 30. The third-order valence-corrected chi connectivity index (χ3v) is 13.6. The number of carbonyl (C=O) groups is 3. The summed E-state index contributed by atoms with van der Waals surface area (Å²) in [7, 11) is 0. The second-order valence-electron chi connectivity index (χ2n) is 20.9. The Hall–Kier alpha value is -3.67. The third-order valence-electron chi connectivity index (χ3n) is 13.6. The van der Waals surface area contributed by atoms with E-state index in [1.54, 1.807) is 0 Å². The Kier molecular flexibility index (Phi) is 59.8. The minimum absolute atomic E-state index is 0.0803. The maximum atomic E-state index is 12.8. The van der Waals surface area contributed by atoms with E-state index in [-0.39, 0.29) is 31.1 Å². The van der Waals surface area contributed by atoms with Crippen LogP contribution in [0.5, 0.6) is 0 Å². The fourth-order valence-corrected chi connectivity index (χ4v) is 8.83. The van der Waals surface area contributed by atoms with Crippen molar-refractivity contribution in [1.82, 2.24) is 0 Å². The number of hydrogen-bond acceptors (Lipinski definition) is 6. The van der Waals surface area contributed by atoms with Crippen LogP contribution in [-0.2, 0) is 28.6 Å². The minimum Gasteiger partial charge on any atom is -0.462 e. The first-order valence-electron chi connectivity index (χ1n) is 31.7. The second-order valence-corrected chi connectivity index (χ2v) is 20.9. The summed E-state index contributed by atoms with van der Waals surface area (Å²) in [4.78, 5) is 38.0. The zero-order valence-electron chi connectivity index (χ0n) is 49.3. The fraction of sp³-hybridized carbons (Fsp3) is 0.725. The maximum absolute atomic E-state index is 12.8. The summed E-state index contributed by atoms with van der Waals surface area (Å²) < 4.78 is 16.8. The van der Waals surface area contributed by atoms with Crippen LogP contribution in [-0.4, -0.2) is 37.2 Å². The molecule has 0 aromatic heterocycles. The summed E-state index contributed by atoms with van der Waals surface area (Å²) in [6.07, 6.45) is 84.4. The van der Waals surface area contributed by atoms with Gasteiger partial charge in [-0.1, -0.05) is 279 Å². The van der Waals surface area contributed by atoms with Crippen LogP contribution < -0.4 is 0 Å². The molecule has 0 fully saturated rings. The summed E-state index contributed by atoms with van der Waals surface area (Å²) in [5.74, 6) is -0.891. The van der Waals surface area contributed by atoms with Crippen molar-refractivity contribution in [2.75, 3.05) is 13.2 Å². The normalized spacial score (nSPS) is 12.7. The largest absolute Gasteiger partial charge is 0.462 e. The molecule has 0 saturated heterocycles. The summed E-state index contributed by atoms with van der Waals surface area (Å²) in [6.45, 7) is 6.46. The lowest BCUT2D eigenvalue weighted by Gasteiger charge is -2.18. The molecule has 1 unspecified atom stereocenters. The summed E-state index contributed by atoms with van der Waals surface area (Å²) in [6, 6.07) is 0. The fourth-order valence-electron chi connectivity index (χ4n) is 8.83. The number of rotatable bonds is 57. The lowest BCUT2D eigenvalue weighted by atomic mass is 10.0. The van der Waals surface area contributed by atoms with Gasteiger partial charge in [-0.15, -0.1) is 0 Å². The van der Waals surface area contributed by atoms with Gasteiger partial charge in [-0.25, -0.2) is 0 Å². The Morgan fingerprint density at radius 2 is 0.520 bits per heavy atom. The van der Waals surface area contributed by atoms with E-state index >= 15 is 0 Å². The molecule has 6 heteroatoms. The SMILES string of the molecule is CC/C=C\C/C=C\C/C=C\C/C=C\C/C=C\CCCCCCCCCCCCCCCCCC(=O)OCC(COC(=O)CCCCCCCCC)OC(=O)CCCCCCCC/C=C\C/C=C\C/C=C\CCCCC. The molecule has 0 aromatic rings. The van der Waals surface area contributed by atoms with E-state index in [0.717, 1.165) is 116 Å². The Balaban J connectivity index is 4.10. The highest BCUT2D eigenvalue weighted by atomic mass is 16.6. The molecule has 0 radical (unpaired) electrons. The molecular formula is C69H118O6. The second kappa shape index (κ2) is 62.9. The third kappa shape index (κ3) is 61.1. The van der Waals surface area contributed by atoms with Crippen molar-refractivity contribution < 1.29 is 28.6 Å². The van der Waals surface area contributed by atoms with Crippen LogP contribution in [0.15, 0.2) is 97.2 Å². The molecule has 0 heterocycles. The predicted molar refractivity (Wildman–Crippen MR) is 325 cm³/mol. The van der Waals surface area contributed by atoms with Gasteiger partial charge in [-0.05, 0) is 103 Å². The van der Waals surface area contributed by atoms with Crippen molar-refractivity contribution >= 4 is 17.9 Å². The van der Waals surface area contributed by atoms with Crippen LogP contribution in [0.2, 0.25) is 0 Å². The summed E-state index contributed by atoms with van der Waals surface area (Å²) >= 11 is 0. The average Bonchev–Trinajstić information content (AvgIpc) is 3.41. The highest BCUT2D eigenvalue weighted by Crippen LogP contribution is 2.16.